The number of carbonyl (C=O) groups is 2. The van der Waals surface area contributed by atoms with Gasteiger partial charge in [-0.05, 0) is 18.4 Å². The Balaban J connectivity index is 2.85. The highest BCUT2D eigenvalue weighted by atomic mass is 32.1. The van der Waals surface area contributed by atoms with Crippen molar-refractivity contribution in [3.63, 3.8) is 0 Å². The van der Waals surface area contributed by atoms with E-state index in [0.29, 0.717) is 0 Å². The fourth-order valence-corrected chi connectivity index (χ4v) is 2.51. The van der Waals surface area contributed by atoms with Crippen molar-refractivity contribution in [2.75, 3.05) is 20.1 Å². The van der Waals surface area contributed by atoms with Gasteiger partial charge in [0.05, 0.1) is 6.04 Å². The Labute approximate surface area is 123 Å². The van der Waals surface area contributed by atoms with E-state index in [-0.39, 0.29) is 4.90 Å². The molecule has 0 radical (unpaired) electrons. The summed E-state index contributed by atoms with van der Waals surface area (Å²) in [4.78, 5) is 24.9. The van der Waals surface area contributed by atoms with Crippen molar-refractivity contribution in [2.45, 2.75) is 19.1 Å². The van der Waals surface area contributed by atoms with E-state index in [9.17, 15) is 22.8 Å². The van der Waals surface area contributed by atoms with Crippen molar-refractivity contribution in [1.29, 1.82) is 0 Å². The van der Waals surface area contributed by atoms with Crippen LogP contribution in [0.3, 0.4) is 0 Å². The predicted octanol–water partition coefficient (Wildman–Crippen LogP) is 2.81. The van der Waals surface area contributed by atoms with Crippen LogP contribution in [0.2, 0.25) is 0 Å². The molecule has 9 heteroatoms. The predicted molar refractivity (Wildman–Crippen MR) is 71.2 cm³/mol. The number of carboxylic acid groups (broad SMARTS) is 1. The summed E-state index contributed by atoms with van der Waals surface area (Å²) < 4.78 is 37.4. The first kappa shape index (κ1) is 17.3. The van der Waals surface area contributed by atoms with E-state index in [4.69, 9.17) is 5.11 Å². The lowest BCUT2D eigenvalue weighted by Gasteiger charge is -2.31. The number of nitrogens with zero attached hydrogens (tertiary/aromatic N) is 2. The number of rotatable bonds is 5. The number of alkyl halides is 3. The van der Waals surface area contributed by atoms with Crippen LogP contribution < -0.4 is 0 Å². The van der Waals surface area contributed by atoms with Crippen LogP contribution in [0.15, 0.2) is 17.5 Å². The number of hydrogen-bond acceptors (Lipinski definition) is 3. The molecule has 1 aromatic rings. The molecule has 1 unspecified atom stereocenters. The normalized spacial score (nSPS) is 12.8. The zero-order chi connectivity index (χ0) is 16.2. The highest BCUT2D eigenvalue weighted by Crippen LogP contribution is 2.25. The van der Waals surface area contributed by atoms with Gasteiger partial charge in [-0.15, -0.1) is 11.3 Å². The van der Waals surface area contributed by atoms with E-state index in [1.165, 1.54) is 18.4 Å². The third kappa shape index (κ3) is 5.25. The summed E-state index contributed by atoms with van der Waals surface area (Å²) in [5.41, 5.74) is 0. The van der Waals surface area contributed by atoms with Crippen molar-refractivity contribution < 1.29 is 27.9 Å². The number of thiophene rings is 1. The molecule has 0 aliphatic heterocycles. The number of amides is 2. The first-order valence-electron chi connectivity index (χ1n) is 5.95. The third-order valence-corrected chi connectivity index (χ3v) is 3.85. The summed E-state index contributed by atoms with van der Waals surface area (Å²) in [7, 11) is 1.35. The van der Waals surface area contributed by atoms with Gasteiger partial charge in [-0.25, -0.2) is 4.79 Å². The highest BCUT2D eigenvalue weighted by Gasteiger charge is 2.36. The molecule has 0 aromatic carbocycles. The standard InChI is InChI=1S/C12H15F3N2O3S/c1-8(9-4-3-5-21-9)16(2)11(20)17(6-10(18)19)7-12(13,14)15/h3-5,8H,6-7H2,1-2H3,(H,18,19). The first-order chi connectivity index (χ1) is 9.61. The second kappa shape index (κ2) is 6.79. The number of urea groups is 1. The lowest BCUT2D eigenvalue weighted by atomic mass is 10.2. The number of halogens is 3. The van der Waals surface area contributed by atoms with E-state index in [1.807, 2.05) is 0 Å². The van der Waals surface area contributed by atoms with Crippen LogP contribution in [-0.2, 0) is 4.79 Å². The quantitative estimate of drug-likeness (QED) is 0.906. The summed E-state index contributed by atoms with van der Waals surface area (Å²) in [6.07, 6.45) is -4.65. The Hall–Kier alpha value is -1.77. The van der Waals surface area contributed by atoms with Gasteiger partial charge in [-0.1, -0.05) is 6.07 Å². The van der Waals surface area contributed by atoms with E-state index < -0.39 is 37.3 Å². The molecule has 21 heavy (non-hydrogen) atoms. The fraction of sp³-hybridized carbons (Fsp3) is 0.500. The Kier molecular flexibility index (Phi) is 5.59. The van der Waals surface area contributed by atoms with Gasteiger partial charge in [-0.3, -0.25) is 4.79 Å². The van der Waals surface area contributed by atoms with Crippen LogP contribution in [0.1, 0.15) is 17.8 Å². The minimum Gasteiger partial charge on any atom is -0.480 e. The molecular formula is C12H15F3N2O3S. The van der Waals surface area contributed by atoms with Crippen molar-refractivity contribution in [3.05, 3.63) is 22.4 Å². The van der Waals surface area contributed by atoms with Crippen molar-refractivity contribution >= 4 is 23.3 Å². The van der Waals surface area contributed by atoms with E-state index in [1.54, 1.807) is 24.4 Å². The molecule has 5 nitrogen and oxygen atoms in total. The molecule has 0 spiro atoms. The molecule has 0 aliphatic carbocycles. The van der Waals surface area contributed by atoms with Crippen LogP contribution >= 0.6 is 11.3 Å². The number of carbonyl (C=O) groups excluding carboxylic acids is 1. The van der Waals surface area contributed by atoms with E-state index in [0.717, 1.165) is 9.78 Å². The molecular weight excluding hydrogens is 309 g/mol. The minimum absolute atomic E-state index is 0.270. The number of hydrogen-bond donors (Lipinski definition) is 1. The monoisotopic (exact) mass is 324 g/mol. The van der Waals surface area contributed by atoms with Gasteiger partial charge in [0.1, 0.15) is 13.1 Å². The van der Waals surface area contributed by atoms with Gasteiger partial charge in [0.25, 0.3) is 0 Å². The molecule has 0 aliphatic rings. The number of carboxylic acids is 1. The van der Waals surface area contributed by atoms with Crippen molar-refractivity contribution in [2.24, 2.45) is 0 Å². The molecule has 1 aromatic heterocycles. The van der Waals surface area contributed by atoms with Gasteiger partial charge in [-0.2, -0.15) is 13.2 Å². The number of aliphatic carboxylic acids is 1. The molecule has 1 atom stereocenters. The maximum absolute atomic E-state index is 12.5. The summed E-state index contributed by atoms with van der Waals surface area (Å²) >= 11 is 1.36. The average molecular weight is 324 g/mol. The van der Waals surface area contributed by atoms with Crippen molar-refractivity contribution in [3.8, 4) is 0 Å². The smallest absolute Gasteiger partial charge is 0.406 e. The van der Waals surface area contributed by atoms with Gasteiger partial charge in [0.15, 0.2) is 0 Å². The highest BCUT2D eigenvalue weighted by molar-refractivity contribution is 7.10. The van der Waals surface area contributed by atoms with Crippen LogP contribution in [0.25, 0.3) is 0 Å². The molecule has 0 saturated heterocycles. The first-order valence-corrected chi connectivity index (χ1v) is 6.83. The molecule has 0 bridgehead atoms. The molecule has 118 valence electrons. The van der Waals surface area contributed by atoms with Gasteiger partial charge in [0.2, 0.25) is 0 Å². The minimum atomic E-state index is -4.65. The van der Waals surface area contributed by atoms with E-state index >= 15 is 0 Å². The summed E-state index contributed by atoms with van der Waals surface area (Å²) in [6, 6.07) is 2.10. The lowest BCUT2D eigenvalue weighted by Crippen LogP contribution is -2.48. The molecule has 0 saturated carbocycles. The Morgan fingerprint density at radius 1 is 1.43 bits per heavy atom. The lowest BCUT2D eigenvalue weighted by molar-refractivity contribution is -0.149. The van der Waals surface area contributed by atoms with Crippen LogP contribution in [0, 0.1) is 0 Å². The average Bonchev–Trinajstić information content (AvgIpc) is 2.86. The Morgan fingerprint density at radius 3 is 2.48 bits per heavy atom. The zero-order valence-electron chi connectivity index (χ0n) is 11.4. The zero-order valence-corrected chi connectivity index (χ0v) is 12.2. The maximum Gasteiger partial charge on any atom is 0.406 e. The fourth-order valence-electron chi connectivity index (χ4n) is 1.68. The van der Waals surface area contributed by atoms with Gasteiger partial charge in [0, 0.05) is 11.9 Å². The second-order valence-electron chi connectivity index (χ2n) is 4.45. The van der Waals surface area contributed by atoms with Crippen LogP contribution in [-0.4, -0.2) is 53.2 Å². The molecule has 1 heterocycles. The van der Waals surface area contributed by atoms with Crippen molar-refractivity contribution in [1.82, 2.24) is 9.80 Å². The van der Waals surface area contributed by atoms with Crippen LogP contribution in [0.4, 0.5) is 18.0 Å². The maximum atomic E-state index is 12.5. The summed E-state index contributed by atoms with van der Waals surface area (Å²) in [5, 5.41) is 10.4. The summed E-state index contributed by atoms with van der Waals surface area (Å²) in [5.74, 6) is -1.50. The third-order valence-electron chi connectivity index (χ3n) is 2.80. The molecule has 2 amide bonds. The largest absolute Gasteiger partial charge is 0.480 e. The van der Waals surface area contributed by atoms with Gasteiger partial charge < -0.3 is 14.9 Å². The Bertz CT molecular complexity index is 490. The van der Waals surface area contributed by atoms with Crippen LogP contribution in [0.5, 0.6) is 0 Å². The topological polar surface area (TPSA) is 60.9 Å². The molecule has 0 fully saturated rings. The Morgan fingerprint density at radius 2 is 2.05 bits per heavy atom. The van der Waals surface area contributed by atoms with Gasteiger partial charge >= 0.3 is 18.2 Å². The molecule has 1 rings (SSSR count). The SMILES string of the molecule is CC(c1cccs1)N(C)C(=O)N(CC(=O)O)CC(F)(F)F. The van der Waals surface area contributed by atoms with E-state index in [2.05, 4.69) is 0 Å². The second-order valence-corrected chi connectivity index (χ2v) is 5.43. The molecule has 1 N–H and O–H groups in total. The summed E-state index contributed by atoms with van der Waals surface area (Å²) in [6.45, 7) is -0.935.